The normalized spacial score (nSPS) is 11.6. The lowest BCUT2D eigenvalue weighted by atomic mass is 10.1. The standard InChI is InChI=1S/C8H4F5NO3/c9-6(10)3-1-14-7(17-8(11,12)13)5(16)4(3)2-15/h1-2,6,16H. The average molecular weight is 257 g/mol. The SMILES string of the molecule is O=Cc1c(C(F)F)cnc(OC(F)(F)F)c1O. The fourth-order valence-corrected chi connectivity index (χ4v) is 0.993. The monoisotopic (exact) mass is 257 g/mol. The molecule has 0 aliphatic rings. The van der Waals surface area contributed by atoms with E-state index in [2.05, 4.69) is 9.72 Å². The molecular formula is C8H4F5NO3. The number of hydrogen-bond donors (Lipinski definition) is 1. The number of carbonyl (C=O) groups is 1. The molecule has 1 rings (SSSR count). The quantitative estimate of drug-likeness (QED) is 0.667. The van der Waals surface area contributed by atoms with E-state index in [1.54, 1.807) is 0 Å². The molecule has 0 atom stereocenters. The van der Waals surface area contributed by atoms with Crippen molar-refractivity contribution in [3.05, 3.63) is 17.3 Å². The highest BCUT2D eigenvalue weighted by atomic mass is 19.4. The maximum absolute atomic E-state index is 12.3. The number of nitrogens with zero attached hydrogens (tertiary/aromatic N) is 1. The van der Waals surface area contributed by atoms with Gasteiger partial charge < -0.3 is 9.84 Å². The van der Waals surface area contributed by atoms with E-state index in [1.807, 2.05) is 0 Å². The van der Waals surface area contributed by atoms with Gasteiger partial charge in [-0.3, -0.25) is 4.79 Å². The summed E-state index contributed by atoms with van der Waals surface area (Å²) in [4.78, 5) is 13.3. The van der Waals surface area contributed by atoms with E-state index in [4.69, 9.17) is 5.11 Å². The number of carbonyl (C=O) groups excluding carboxylic acids is 1. The molecule has 0 aliphatic heterocycles. The van der Waals surface area contributed by atoms with Crippen LogP contribution in [0.25, 0.3) is 0 Å². The van der Waals surface area contributed by atoms with E-state index in [1.165, 1.54) is 0 Å². The Morgan fingerprint density at radius 1 is 1.41 bits per heavy atom. The first kappa shape index (κ1) is 13.1. The molecule has 0 fully saturated rings. The Hall–Kier alpha value is -1.93. The molecule has 1 heterocycles. The molecule has 1 N–H and O–H groups in total. The highest BCUT2D eigenvalue weighted by Gasteiger charge is 2.34. The summed E-state index contributed by atoms with van der Waals surface area (Å²) >= 11 is 0. The summed E-state index contributed by atoms with van der Waals surface area (Å²) < 4.78 is 63.2. The van der Waals surface area contributed by atoms with Crippen LogP contribution in [0.5, 0.6) is 11.6 Å². The van der Waals surface area contributed by atoms with Crippen molar-refractivity contribution in [3.8, 4) is 11.6 Å². The van der Waals surface area contributed by atoms with Gasteiger partial charge in [0.05, 0.1) is 11.1 Å². The summed E-state index contributed by atoms with van der Waals surface area (Å²) in [7, 11) is 0. The zero-order chi connectivity index (χ0) is 13.2. The van der Waals surface area contributed by atoms with Crippen LogP contribution < -0.4 is 4.74 Å². The fraction of sp³-hybridized carbons (Fsp3) is 0.250. The molecule has 0 saturated carbocycles. The molecular weight excluding hydrogens is 253 g/mol. The number of alkyl halides is 5. The van der Waals surface area contributed by atoms with E-state index in [-0.39, 0.29) is 6.29 Å². The largest absolute Gasteiger partial charge is 0.574 e. The van der Waals surface area contributed by atoms with Crippen LogP contribution in [0.4, 0.5) is 22.0 Å². The minimum atomic E-state index is -5.16. The van der Waals surface area contributed by atoms with Gasteiger partial charge in [0.1, 0.15) is 0 Å². The maximum atomic E-state index is 12.3. The van der Waals surface area contributed by atoms with Crippen LogP contribution in [-0.4, -0.2) is 22.7 Å². The number of pyridine rings is 1. The number of rotatable bonds is 3. The Labute approximate surface area is 90.6 Å². The van der Waals surface area contributed by atoms with Gasteiger partial charge in [-0.05, 0) is 0 Å². The van der Waals surface area contributed by atoms with Crippen molar-refractivity contribution in [3.63, 3.8) is 0 Å². The maximum Gasteiger partial charge on any atom is 0.574 e. The van der Waals surface area contributed by atoms with Gasteiger partial charge in [-0.2, -0.15) is 0 Å². The van der Waals surface area contributed by atoms with Gasteiger partial charge in [-0.15, -0.1) is 13.2 Å². The Balaban J connectivity index is 3.25. The molecule has 94 valence electrons. The Morgan fingerprint density at radius 2 is 2.00 bits per heavy atom. The number of halogens is 5. The second-order valence-corrected chi connectivity index (χ2v) is 2.75. The van der Waals surface area contributed by atoms with Gasteiger partial charge in [0.2, 0.25) is 0 Å². The lowest BCUT2D eigenvalue weighted by Gasteiger charge is -2.11. The predicted octanol–water partition coefficient (Wildman–Crippen LogP) is 2.44. The van der Waals surface area contributed by atoms with Gasteiger partial charge in [-0.1, -0.05) is 0 Å². The summed E-state index contributed by atoms with van der Waals surface area (Å²) in [6.45, 7) is 0. The van der Waals surface area contributed by atoms with Crippen molar-refractivity contribution < 1.29 is 36.6 Å². The molecule has 0 aromatic carbocycles. The van der Waals surface area contributed by atoms with E-state index < -0.39 is 35.5 Å². The molecule has 0 spiro atoms. The summed E-state index contributed by atoms with van der Waals surface area (Å²) in [6, 6.07) is 0. The first-order valence-corrected chi connectivity index (χ1v) is 3.97. The number of aromatic hydroxyl groups is 1. The van der Waals surface area contributed by atoms with Crippen molar-refractivity contribution in [2.24, 2.45) is 0 Å². The molecule has 1 aromatic heterocycles. The molecule has 0 bridgehead atoms. The third kappa shape index (κ3) is 3.02. The van der Waals surface area contributed by atoms with E-state index in [9.17, 15) is 26.7 Å². The van der Waals surface area contributed by atoms with Crippen LogP contribution in [0.15, 0.2) is 6.20 Å². The highest BCUT2D eigenvalue weighted by molar-refractivity contribution is 5.82. The van der Waals surface area contributed by atoms with Crippen molar-refractivity contribution in [2.45, 2.75) is 12.8 Å². The third-order valence-corrected chi connectivity index (χ3v) is 1.65. The van der Waals surface area contributed by atoms with Crippen molar-refractivity contribution in [1.29, 1.82) is 0 Å². The van der Waals surface area contributed by atoms with Crippen LogP contribution in [-0.2, 0) is 0 Å². The van der Waals surface area contributed by atoms with E-state index in [0.717, 1.165) is 0 Å². The van der Waals surface area contributed by atoms with Crippen LogP contribution in [0.3, 0.4) is 0 Å². The highest BCUT2D eigenvalue weighted by Crippen LogP contribution is 2.35. The molecule has 0 saturated heterocycles. The number of hydrogen-bond acceptors (Lipinski definition) is 4. The summed E-state index contributed by atoms with van der Waals surface area (Å²) in [6.07, 6.45) is -8.19. The zero-order valence-corrected chi connectivity index (χ0v) is 7.83. The smallest absolute Gasteiger partial charge is 0.503 e. The van der Waals surface area contributed by atoms with Crippen LogP contribution >= 0.6 is 0 Å². The summed E-state index contributed by atoms with van der Waals surface area (Å²) in [5.41, 5.74) is -1.97. The first-order chi connectivity index (χ1) is 7.76. The minimum absolute atomic E-state index is 0.207. The lowest BCUT2D eigenvalue weighted by Crippen LogP contribution is -2.18. The minimum Gasteiger partial charge on any atom is -0.503 e. The van der Waals surface area contributed by atoms with Crippen molar-refractivity contribution >= 4 is 6.29 Å². The zero-order valence-electron chi connectivity index (χ0n) is 7.83. The number of aldehydes is 1. The summed E-state index contributed by atoms with van der Waals surface area (Å²) in [5, 5.41) is 9.13. The van der Waals surface area contributed by atoms with Crippen LogP contribution in [0.1, 0.15) is 22.3 Å². The third-order valence-electron chi connectivity index (χ3n) is 1.65. The molecule has 1 aromatic rings. The van der Waals surface area contributed by atoms with E-state index >= 15 is 0 Å². The van der Waals surface area contributed by atoms with Crippen molar-refractivity contribution in [1.82, 2.24) is 4.98 Å². The first-order valence-electron chi connectivity index (χ1n) is 3.97. The van der Waals surface area contributed by atoms with E-state index in [0.29, 0.717) is 6.20 Å². The van der Waals surface area contributed by atoms with Gasteiger partial charge in [0, 0.05) is 6.20 Å². The number of aromatic nitrogens is 1. The van der Waals surface area contributed by atoms with Gasteiger partial charge in [-0.25, -0.2) is 13.8 Å². The second kappa shape index (κ2) is 4.52. The molecule has 0 radical (unpaired) electrons. The van der Waals surface area contributed by atoms with Gasteiger partial charge >= 0.3 is 6.36 Å². The molecule has 0 amide bonds. The Bertz CT molecular complexity index is 432. The number of ether oxygens (including phenoxy) is 1. The van der Waals surface area contributed by atoms with Crippen LogP contribution in [0.2, 0.25) is 0 Å². The fourth-order valence-electron chi connectivity index (χ4n) is 0.993. The van der Waals surface area contributed by atoms with Gasteiger partial charge in [0.25, 0.3) is 12.3 Å². The molecule has 17 heavy (non-hydrogen) atoms. The Morgan fingerprint density at radius 3 is 2.41 bits per heavy atom. The van der Waals surface area contributed by atoms with Crippen LogP contribution in [0, 0.1) is 0 Å². The average Bonchev–Trinajstić information content (AvgIpc) is 2.18. The topological polar surface area (TPSA) is 59.4 Å². The molecule has 4 nitrogen and oxygen atoms in total. The predicted molar refractivity (Wildman–Crippen MR) is 42.9 cm³/mol. The molecule has 9 heteroatoms. The Kier molecular flexibility index (Phi) is 3.49. The lowest BCUT2D eigenvalue weighted by molar-refractivity contribution is -0.276. The van der Waals surface area contributed by atoms with Crippen molar-refractivity contribution in [2.75, 3.05) is 0 Å². The molecule has 0 unspecified atom stereocenters. The second-order valence-electron chi connectivity index (χ2n) is 2.75. The van der Waals surface area contributed by atoms with Gasteiger partial charge in [0.15, 0.2) is 12.0 Å². The molecule has 0 aliphatic carbocycles. The summed E-state index contributed by atoms with van der Waals surface area (Å²) in [5.74, 6) is -2.74.